The van der Waals surface area contributed by atoms with Crippen LogP contribution in [0.3, 0.4) is 0 Å². The van der Waals surface area contributed by atoms with Gasteiger partial charge in [0.2, 0.25) is 5.69 Å². The molecule has 25 rings (SSSR count). The van der Waals surface area contributed by atoms with Crippen molar-refractivity contribution < 1.29 is 74.6 Å². The van der Waals surface area contributed by atoms with Crippen molar-refractivity contribution in [1.29, 1.82) is 0 Å². The molecule has 12 heterocycles. The third kappa shape index (κ3) is 22.1. The number of nitrogens with one attached hydrogen (secondary N) is 1. The summed E-state index contributed by atoms with van der Waals surface area (Å²) in [6.45, 7) is 17.9. The first kappa shape index (κ1) is 87.2. The van der Waals surface area contributed by atoms with Crippen molar-refractivity contribution >= 4 is 66.3 Å². The van der Waals surface area contributed by atoms with Gasteiger partial charge in [0.15, 0.2) is 18.5 Å². The number of aliphatic hydroxyl groups excluding tert-OH is 1. The van der Waals surface area contributed by atoms with Gasteiger partial charge >= 0.3 is 0 Å². The van der Waals surface area contributed by atoms with Gasteiger partial charge in [0.1, 0.15) is 37.8 Å². The van der Waals surface area contributed by atoms with E-state index in [1.165, 1.54) is 119 Å². The third-order valence-electron chi connectivity index (χ3n) is 24.1. The molecule has 0 fully saturated rings. The Morgan fingerprint density at radius 1 is 0.564 bits per heavy atom. The predicted octanol–water partition coefficient (Wildman–Crippen LogP) is 28.3. The molecular weight excluding hydrogens is 2080 g/mol. The number of nitrogens with zero attached hydrogens (tertiary/aromatic N) is 10. The molecule has 0 saturated carbocycles. The van der Waals surface area contributed by atoms with Crippen LogP contribution in [0.25, 0.3) is 128 Å². The van der Waals surface area contributed by atoms with Crippen LogP contribution < -0.4 is 25.0 Å². The number of hydrogen-bond acceptors (Lipinski definition) is 12. The van der Waals surface area contributed by atoms with E-state index in [0.717, 1.165) is 75.1 Å². The molecule has 6 aliphatic heterocycles. The zero-order valence-corrected chi connectivity index (χ0v) is 83.4. The van der Waals surface area contributed by atoms with Crippen molar-refractivity contribution in [3.8, 4) is 84.4 Å². The van der Waals surface area contributed by atoms with Crippen LogP contribution in [0.15, 0.2) is 444 Å². The quantitative estimate of drug-likeness (QED) is 0.0242. The van der Waals surface area contributed by atoms with Gasteiger partial charge in [-0.2, -0.15) is 19.4 Å². The molecule has 15 nitrogen and oxygen atoms in total. The van der Waals surface area contributed by atoms with Crippen molar-refractivity contribution in [1.82, 2.24) is 24.4 Å². The SMILES string of the molecule is C1=CC2=CN3c4ccccc4CC3N2C=C1.CC(=O)C=C(C)O.CC(C)N=Nc1c2c3c(cccc3c3ccccc13)CN2.CC(C)c1cccc(C(C)C)c1-n1cc[n+]2c1-c1ccccc1C2.O=c1oc2ccccc2[c-]c1-c1ccccn1.[2H]c1c([2H])c([2H])c2c(c1[2H])C[n+]1c([2H])c([2H])c([2H])c([2H])c1-2.[Ir].[Ir].[c-]1ccccc1-c1cc(-c2ccccc2)c2cc(-c3ccccc3)ccc2n1.[c-]1ccccc1-c1ccccn1. The molecule has 1 unspecified atom stereocenters. The fraction of sp³-hybridized carbons (Fsp3) is 0.130. The molecule has 0 aliphatic carbocycles. The second-order valence-electron chi connectivity index (χ2n) is 34.6. The zero-order chi connectivity index (χ0) is 102. The molecule has 6 aliphatic rings. The molecule has 17 heteroatoms. The summed E-state index contributed by atoms with van der Waals surface area (Å²) in [5, 5.41) is 27.7. The van der Waals surface area contributed by atoms with E-state index in [4.69, 9.17) is 25.5 Å². The third-order valence-corrected chi connectivity index (χ3v) is 24.1. The predicted molar refractivity (Wildman–Crippen MR) is 560 cm³/mol. The van der Waals surface area contributed by atoms with Crippen LogP contribution in [0.2, 0.25) is 0 Å². The number of carbonyl (C=O) groups is 1. The summed E-state index contributed by atoms with van der Waals surface area (Å²) < 4.78 is 73.8. The fourth-order valence-electron chi connectivity index (χ4n) is 17.8. The van der Waals surface area contributed by atoms with Crippen LogP contribution in [0.1, 0.15) is 112 Å². The Bertz CT molecular complexity index is 8210. The van der Waals surface area contributed by atoms with E-state index in [1.807, 2.05) is 111 Å². The van der Waals surface area contributed by atoms with Gasteiger partial charge in [0, 0.05) is 146 Å². The molecule has 0 bridgehead atoms. The van der Waals surface area contributed by atoms with E-state index >= 15 is 0 Å². The minimum atomic E-state index is -0.414. The Labute approximate surface area is 856 Å². The number of hydrogen-bond donors (Lipinski definition) is 2. The molecule has 1 atom stereocenters. The maximum atomic E-state index is 11.8. The number of imidazole rings is 1. The summed E-state index contributed by atoms with van der Waals surface area (Å²) in [6, 6.07) is 111. The molecule has 0 spiro atoms. The number of aromatic nitrogens is 6. The average Bonchev–Trinajstić information content (AvgIpc) is 1.57. The normalized spacial score (nSPS) is 13.8. The van der Waals surface area contributed by atoms with Gasteiger partial charge in [-0.05, 0) is 161 Å². The molecule has 0 amide bonds. The molecule has 19 aromatic rings. The van der Waals surface area contributed by atoms with E-state index < -0.39 is 17.7 Å². The molecule has 2 radical (unpaired) electrons. The topological polar surface area (TPSA) is 162 Å². The number of ketones is 1. The Morgan fingerprint density at radius 3 is 1.89 bits per heavy atom. The van der Waals surface area contributed by atoms with Gasteiger partial charge < -0.3 is 29.6 Å². The minimum Gasteiger partial charge on any atom is -0.512 e. The first-order chi connectivity index (χ1) is 70.8. The molecule has 6 aromatic heterocycles. The second-order valence-corrected chi connectivity index (χ2v) is 34.6. The van der Waals surface area contributed by atoms with E-state index in [2.05, 4.69) is 321 Å². The molecular formula is C123H106Ir2N11O4-. The molecule has 0 saturated heterocycles. The van der Waals surface area contributed by atoms with E-state index in [9.17, 15) is 9.59 Å². The van der Waals surface area contributed by atoms with E-state index in [0.29, 0.717) is 40.4 Å². The largest absolute Gasteiger partial charge is 0.512 e. The molecule has 140 heavy (non-hydrogen) atoms. The summed E-state index contributed by atoms with van der Waals surface area (Å²) in [4.78, 5) is 39.8. The van der Waals surface area contributed by atoms with E-state index in [-0.39, 0.29) is 112 Å². The van der Waals surface area contributed by atoms with Crippen LogP contribution in [-0.2, 0) is 71.1 Å². The smallest absolute Gasteiger partial charge is 0.294 e. The van der Waals surface area contributed by atoms with E-state index in [1.54, 1.807) is 30.6 Å². The average molecular weight is 2190 g/mol. The number of anilines is 2. The summed E-state index contributed by atoms with van der Waals surface area (Å²) in [7, 11) is 0. The number of allylic oxidation sites excluding steroid dienone is 5. The molecule has 696 valence electrons. The van der Waals surface area contributed by atoms with Crippen LogP contribution in [0.5, 0.6) is 0 Å². The van der Waals surface area contributed by atoms with Crippen LogP contribution in [-0.4, -0.2) is 47.5 Å². The van der Waals surface area contributed by atoms with Gasteiger partial charge in [0.05, 0.1) is 55.0 Å². The maximum Gasteiger partial charge on any atom is 0.294 e. The number of rotatable bonds is 11. The van der Waals surface area contributed by atoms with Gasteiger partial charge in [-0.25, -0.2) is 4.57 Å². The Kier molecular flexibility index (Phi) is 28.4. The van der Waals surface area contributed by atoms with Crippen LogP contribution in [0.4, 0.5) is 17.1 Å². The number of para-hydroxylation sites is 3. The van der Waals surface area contributed by atoms with Crippen molar-refractivity contribution in [3.63, 3.8) is 0 Å². The fourth-order valence-corrected chi connectivity index (χ4v) is 17.8. The van der Waals surface area contributed by atoms with Crippen molar-refractivity contribution in [3.05, 3.63) is 487 Å². The number of aliphatic hydroxyl groups is 1. The first-order valence-electron chi connectivity index (χ1n) is 50.3. The van der Waals surface area contributed by atoms with Gasteiger partial charge in [-0.3, -0.25) is 19.6 Å². The summed E-state index contributed by atoms with van der Waals surface area (Å²) >= 11 is 0. The van der Waals surface area contributed by atoms with Crippen LogP contribution in [0, 0.1) is 18.2 Å². The van der Waals surface area contributed by atoms with Gasteiger partial charge in [0.25, 0.3) is 11.4 Å². The van der Waals surface area contributed by atoms with Crippen molar-refractivity contribution in [2.24, 2.45) is 10.2 Å². The zero-order valence-electron chi connectivity index (χ0n) is 86.6. The molecule has 2 N–H and O–H groups in total. The number of pyridine rings is 4. The standard InChI is InChI=1S/C27H18N.C22H25N2.C18H17N3.C14H12N2.C14H8NO2.C12H10N.C11H8N.C5H8O2.2Ir/c1-4-10-20(11-5-1)23-16-17-26-25(18-23)24(21-12-6-2-7-13-21)19-27(28-26)22-14-8-3-9-15-22;1-15(2)18-10-7-11-19(16(3)4)21(18)24-13-12-23-14-17-8-5-6-9-20(17)22(23)24;1-11(2)20-21-17-15-8-4-3-7-13(15)14-9-5-6-12-10-19-18(17)16(12)14;1-2-7-13-11(5-1)9-14-15-8-4-3-6-12(15)10-16(13)14;16-14-11(12-6-3-4-8-15-12)9-10-5-1-2-7-13(10)17-14;1-2-6-11-10(5-1)9-13-8-4-3-7-12(11)13;1-2-6-10(7-3-1)11-8-4-5-9-12-11;1-4(6)3-5(2)7;;/h1-14,16-19H;5-13,15-16H,14H2,1-4H3;3-9,11,19H,10H2,1-2H3;1-8,10,14H,9H2;1-8H;1-8H,9H2;1-6,8-9H;3,6H,1-2H3;;/q-1;+1;;;-1;+1;-1;;;/i;;;;;1D,2D,3D,4D,5D,6D,7D,8D;;;;. The summed E-state index contributed by atoms with van der Waals surface area (Å²) in [5.74, 6) is 2.24. The van der Waals surface area contributed by atoms with Crippen LogP contribution >= 0.6 is 0 Å². The maximum absolute atomic E-state index is 11.8. The first-order valence-corrected chi connectivity index (χ1v) is 46.3. The van der Waals surface area contributed by atoms with Crippen molar-refractivity contribution in [2.75, 3.05) is 10.2 Å². The number of benzene rings is 13. The monoisotopic (exact) mass is 2190 g/mol. The Hall–Kier alpha value is -15.6. The van der Waals surface area contributed by atoms with Crippen molar-refractivity contribution in [2.45, 2.75) is 105 Å². The molecule has 13 aromatic carbocycles. The number of carbonyl (C=O) groups excluding carboxylic acids is 1. The Morgan fingerprint density at radius 2 is 1.19 bits per heavy atom. The number of fused-ring (bicyclic) bond motifs is 15. The second kappa shape index (κ2) is 45.6. The van der Waals surface area contributed by atoms with Gasteiger partial charge in [-0.15, -0.1) is 83.9 Å². The summed E-state index contributed by atoms with van der Waals surface area (Å²) in [6.07, 6.45) is 21.1. The minimum absolute atomic E-state index is 0. The Balaban J connectivity index is 0.000000123. The number of azo groups is 1. The summed E-state index contributed by atoms with van der Waals surface area (Å²) in [5.41, 5.74) is 25.9. The van der Waals surface area contributed by atoms with Gasteiger partial charge in [-0.1, -0.05) is 270 Å².